The number of aromatic nitrogens is 2. The maximum absolute atomic E-state index is 13.3. The molecule has 0 aliphatic carbocycles. The van der Waals surface area contributed by atoms with E-state index in [9.17, 15) is 13.9 Å². The second-order valence-electron chi connectivity index (χ2n) is 5.21. The first-order valence-corrected chi connectivity index (χ1v) is 6.52. The molecule has 1 atom stereocenters. The Balaban J connectivity index is 2.32. The van der Waals surface area contributed by atoms with Gasteiger partial charge in [0.25, 0.3) is 0 Å². The molecule has 0 aliphatic heterocycles. The predicted octanol–water partition coefficient (Wildman–Crippen LogP) is 2.71. The summed E-state index contributed by atoms with van der Waals surface area (Å²) in [6.07, 6.45) is 1.03. The van der Waals surface area contributed by atoms with Gasteiger partial charge < -0.3 is 5.11 Å². The van der Waals surface area contributed by atoms with E-state index in [1.54, 1.807) is 18.7 Å². The maximum Gasteiger partial charge on any atom is 0.126 e. The number of benzene rings is 1. The van der Waals surface area contributed by atoms with E-state index < -0.39 is 17.2 Å². The molecule has 0 saturated heterocycles. The van der Waals surface area contributed by atoms with Crippen molar-refractivity contribution in [2.75, 3.05) is 0 Å². The molecule has 20 heavy (non-hydrogen) atoms. The van der Waals surface area contributed by atoms with Crippen molar-refractivity contribution in [1.29, 1.82) is 0 Å². The standard InChI is InChI=1S/C15H18F2N2O/c1-4-13-8-14(19(3)18-13)9-15(2,20)10-5-11(16)7-12(17)6-10/h5-8,20H,4,9H2,1-3H3. The van der Waals surface area contributed by atoms with Crippen LogP contribution in [0.1, 0.15) is 30.8 Å². The number of hydrogen-bond donors (Lipinski definition) is 1. The summed E-state index contributed by atoms with van der Waals surface area (Å²) in [5, 5.41) is 14.8. The molecule has 2 aromatic rings. The Morgan fingerprint density at radius 1 is 1.20 bits per heavy atom. The monoisotopic (exact) mass is 280 g/mol. The lowest BCUT2D eigenvalue weighted by molar-refractivity contribution is 0.0549. The van der Waals surface area contributed by atoms with Crippen molar-refractivity contribution in [3.05, 3.63) is 52.9 Å². The highest BCUT2D eigenvalue weighted by Gasteiger charge is 2.26. The molecule has 1 unspecified atom stereocenters. The molecule has 108 valence electrons. The van der Waals surface area contributed by atoms with Gasteiger partial charge in [0.05, 0.1) is 11.3 Å². The topological polar surface area (TPSA) is 38.0 Å². The van der Waals surface area contributed by atoms with Gasteiger partial charge in [-0.25, -0.2) is 8.78 Å². The van der Waals surface area contributed by atoms with Crippen LogP contribution < -0.4 is 0 Å². The first-order chi connectivity index (χ1) is 9.31. The zero-order chi connectivity index (χ0) is 14.9. The van der Waals surface area contributed by atoms with Crippen molar-refractivity contribution in [1.82, 2.24) is 9.78 Å². The molecule has 1 aromatic carbocycles. The van der Waals surface area contributed by atoms with Gasteiger partial charge in [-0.05, 0) is 37.1 Å². The van der Waals surface area contributed by atoms with Crippen molar-refractivity contribution in [3.63, 3.8) is 0 Å². The van der Waals surface area contributed by atoms with Crippen molar-refractivity contribution >= 4 is 0 Å². The summed E-state index contributed by atoms with van der Waals surface area (Å²) in [6, 6.07) is 4.99. The molecular formula is C15H18F2N2O. The third-order valence-corrected chi connectivity index (χ3v) is 3.40. The van der Waals surface area contributed by atoms with Crippen molar-refractivity contribution in [3.8, 4) is 0 Å². The lowest BCUT2D eigenvalue weighted by Crippen LogP contribution is -2.26. The molecule has 1 N–H and O–H groups in total. The van der Waals surface area contributed by atoms with Crippen LogP contribution in [-0.4, -0.2) is 14.9 Å². The highest BCUT2D eigenvalue weighted by molar-refractivity contribution is 5.26. The van der Waals surface area contributed by atoms with Crippen LogP contribution in [0.3, 0.4) is 0 Å². The molecule has 0 fully saturated rings. The van der Waals surface area contributed by atoms with Crippen LogP contribution in [0.5, 0.6) is 0 Å². The quantitative estimate of drug-likeness (QED) is 0.935. The Bertz CT molecular complexity index is 600. The molecule has 0 spiro atoms. The van der Waals surface area contributed by atoms with Crippen LogP contribution in [0.25, 0.3) is 0 Å². The Labute approximate surface area is 116 Å². The summed E-state index contributed by atoms with van der Waals surface area (Å²) >= 11 is 0. The van der Waals surface area contributed by atoms with Gasteiger partial charge in [-0.1, -0.05) is 6.92 Å². The molecule has 3 nitrogen and oxygen atoms in total. The Morgan fingerprint density at radius 3 is 2.30 bits per heavy atom. The fraction of sp³-hybridized carbons (Fsp3) is 0.400. The molecule has 0 saturated carbocycles. The van der Waals surface area contributed by atoms with Gasteiger partial charge in [-0.3, -0.25) is 4.68 Å². The van der Waals surface area contributed by atoms with Crippen molar-refractivity contribution in [2.24, 2.45) is 7.05 Å². The van der Waals surface area contributed by atoms with E-state index in [4.69, 9.17) is 0 Å². The summed E-state index contributed by atoms with van der Waals surface area (Å²) in [5.74, 6) is -1.39. The molecule has 5 heteroatoms. The number of aliphatic hydroxyl groups is 1. The van der Waals surface area contributed by atoms with Crippen LogP contribution >= 0.6 is 0 Å². The Kier molecular flexibility index (Phi) is 3.90. The minimum Gasteiger partial charge on any atom is -0.385 e. The number of aryl methyl sites for hydroxylation is 2. The van der Waals surface area contributed by atoms with E-state index in [0.717, 1.165) is 36.0 Å². The smallest absolute Gasteiger partial charge is 0.126 e. The van der Waals surface area contributed by atoms with Crippen LogP contribution in [-0.2, 0) is 25.5 Å². The molecule has 1 heterocycles. The molecule has 0 bridgehead atoms. The minimum atomic E-state index is -1.36. The van der Waals surface area contributed by atoms with Gasteiger partial charge >= 0.3 is 0 Å². The number of hydrogen-bond acceptors (Lipinski definition) is 2. The van der Waals surface area contributed by atoms with E-state index >= 15 is 0 Å². The van der Waals surface area contributed by atoms with Crippen LogP contribution in [0.2, 0.25) is 0 Å². The zero-order valence-corrected chi connectivity index (χ0v) is 11.8. The average Bonchev–Trinajstić information content (AvgIpc) is 2.68. The first-order valence-electron chi connectivity index (χ1n) is 6.52. The summed E-state index contributed by atoms with van der Waals surface area (Å²) in [6.45, 7) is 3.53. The minimum absolute atomic E-state index is 0.217. The normalized spacial score (nSPS) is 14.3. The molecule has 2 rings (SSSR count). The SMILES string of the molecule is CCc1cc(CC(C)(O)c2cc(F)cc(F)c2)n(C)n1. The number of halogens is 2. The van der Waals surface area contributed by atoms with E-state index in [1.807, 2.05) is 13.0 Å². The summed E-state index contributed by atoms with van der Waals surface area (Å²) in [4.78, 5) is 0. The fourth-order valence-corrected chi connectivity index (χ4v) is 2.23. The highest BCUT2D eigenvalue weighted by Crippen LogP contribution is 2.27. The van der Waals surface area contributed by atoms with Gasteiger partial charge in [0, 0.05) is 25.2 Å². The Hall–Kier alpha value is -1.75. The van der Waals surface area contributed by atoms with Crippen molar-refractivity contribution in [2.45, 2.75) is 32.3 Å². The summed E-state index contributed by atoms with van der Waals surface area (Å²) in [5.41, 5.74) is 0.594. The van der Waals surface area contributed by atoms with Gasteiger partial charge in [-0.15, -0.1) is 0 Å². The number of nitrogens with zero attached hydrogens (tertiary/aromatic N) is 2. The van der Waals surface area contributed by atoms with Gasteiger partial charge in [0.1, 0.15) is 11.6 Å². The molecular weight excluding hydrogens is 262 g/mol. The molecule has 0 aliphatic rings. The van der Waals surface area contributed by atoms with Crippen LogP contribution in [0.15, 0.2) is 24.3 Å². The zero-order valence-electron chi connectivity index (χ0n) is 11.8. The number of rotatable bonds is 4. The second-order valence-corrected chi connectivity index (χ2v) is 5.21. The average molecular weight is 280 g/mol. The van der Waals surface area contributed by atoms with Gasteiger partial charge in [-0.2, -0.15) is 5.10 Å². The van der Waals surface area contributed by atoms with E-state index in [-0.39, 0.29) is 12.0 Å². The second kappa shape index (κ2) is 5.32. The lowest BCUT2D eigenvalue weighted by atomic mass is 9.91. The van der Waals surface area contributed by atoms with Crippen LogP contribution in [0, 0.1) is 11.6 Å². The maximum atomic E-state index is 13.3. The first kappa shape index (κ1) is 14.7. The molecule has 0 amide bonds. The fourth-order valence-electron chi connectivity index (χ4n) is 2.23. The summed E-state index contributed by atoms with van der Waals surface area (Å²) in [7, 11) is 1.79. The van der Waals surface area contributed by atoms with Gasteiger partial charge in [0.2, 0.25) is 0 Å². The third-order valence-electron chi connectivity index (χ3n) is 3.40. The van der Waals surface area contributed by atoms with E-state index in [1.165, 1.54) is 0 Å². The summed E-state index contributed by atoms with van der Waals surface area (Å²) < 4.78 is 28.2. The Morgan fingerprint density at radius 2 is 1.80 bits per heavy atom. The molecule has 1 aromatic heterocycles. The molecule has 0 radical (unpaired) electrons. The van der Waals surface area contributed by atoms with Gasteiger partial charge in [0.15, 0.2) is 0 Å². The third kappa shape index (κ3) is 3.04. The van der Waals surface area contributed by atoms with Crippen molar-refractivity contribution < 1.29 is 13.9 Å². The largest absolute Gasteiger partial charge is 0.385 e. The van der Waals surface area contributed by atoms with E-state index in [0.29, 0.717) is 0 Å². The highest BCUT2D eigenvalue weighted by atomic mass is 19.1. The van der Waals surface area contributed by atoms with E-state index in [2.05, 4.69) is 5.10 Å². The van der Waals surface area contributed by atoms with Crippen LogP contribution in [0.4, 0.5) is 8.78 Å². The lowest BCUT2D eigenvalue weighted by Gasteiger charge is -2.24. The predicted molar refractivity (Wildman–Crippen MR) is 72.2 cm³/mol.